The number of hydrogen-bond acceptors (Lipinski definition) is 17. The molecule has 10 atom stereocenters. The average molecular weight is 1240 g/mol. The molecule has 28 nitrogen and oxygen atoms in total. The molecule has 0 heterocycles. The molecular weight excluding hydrogens is 1170 g/mol. The van der Waals surface area contributed by atoms with Crippen LogP contribution in [0.1, 0.15) is 54.9 Å². The molecule has 4 aromatic carbocycles. The first-order valence-electron chi connectivity index (χ1n) is 27.7. The normalized spacial score (nSPS) is 14.3. The summed E-state index contributed by atoms with van der Waals surface area (Å²) < 4.78 is 0. The summed E-state index contributed by atoms with van der Waals surface area (Å²) >= 11 is 1.27. The molecule has 0 bridgehead atoms. The van der Waals surface area contributed by atoms with Crippen LogP contribution in [0.5, 0.6) is 5.75 Å². The maximum atomic E-state index is 14.6. The number of aliphatic carboxylic acids is 3. The van der Waals surface area contributed by atoms with Crippen LogP contribution in [-0.2, 0) is 83.2 Å². The molecule has 474 valence electrons. The maximum Gasteiger partial charge on any atom is 0.326 e. The van der Waals surface area contributed by atoms with E-state index in [1.807, 2.05) is 0 Å². The topological polar surface area (TPSA) is 461 Å². The number of aliphatic hydroxyl groups excluding tert-OH is 2. The van der Waals surface area contributed by atoms with Gasteiger partial charge in [-0.25, -0.2) is 4.79 Å². The van der Waals surface area contributed by atoms with Crippen molar-refractivity contribution in [2.24, 2.45) is 5.73 Å². The van der Waals surface area contributed by atoms with Crippen LogP contribution in [0.3, 0.4) is 0 Å². The summed E-state index contributed by atoms with van der Waals surface area (Å²) in [5, 5.41) is 81.8. The standard InChI is InChI=1S/C59H74N10O18S/c1-33(71)50(69-56(83)41(61-47(73)31-60)26-34-12-6-3-7-13-34)58(85)67-44(28-36-16-10-5-11-17-36)54(81)68-46(32-70)57(84)66-45(30-49(76)77)55(82)65-42(27-35-14-8-4-9-15-35)53(80)64-43(29-37-18-20-38(72)21-19-37)52(79)62-39(24-25-88-2)51(78)63-40(59(86)87)22-23-48(74)75/h3-21,33,39-46,50,70-72H,22-32,60H2,1-2H3,(H,61,73)(H,62,79)(H,63,78)(H,64,80)(H,65,82)(H,66,84)(H,67,85)(H,68,81)(H,69,83)(H,74,75)(H,76,77)(H,86,87)/t33-,39+,40+,41+,42+,43+,44+,45+,46+,50+/m1/s1. The third-order valence-corrected chi connectivity index (χ3v) is 14.0. The third kappa shape index (κ3) is 24.5. The minimum absolute atomic E-state index is 0.0512. The Bertz CT molecular complexity index is 3020. The Morgan fingerprint density at radius 1 is 0.443 bits per heavy atom. The summed E-state index contributed by atoms with van der Waals surface area (Å²) in [6, 6.07) is 15.0. The van der Waals surface area contributed by atoms with E-state index in [2.05, 4.69) is 47.9 Å². The van der Waals surface area contributed by atoms with Gasteiger partial charge in [0.25, 0.3) is 0 Å². The highest BCUT2D eigenvalue weighted by Crippen LogP contribution is 2.15. The number of carbonyl (C=O) groups is 12. The monoisotopic (exact) mass is 1240 g/mol. The Kier molecular flexibility index (Phi) is 29.5. The van der Waals surface area contributed by atoms with Crippen molar-refractivity contribution in [2.45, 2.75) is 119 Å². The zero-order chi connectivity index (χ0) is 64.9. The lowest BCUT2D eigenvalue weighted by Crippen LogP contribution is -2.62. The lowest BCUT2D eigenvalue weighted by molar-refractivity contribution is -0.144. The Balaban J connectivity index is 1.61. The van der Waals surface area contributed by atoms with Gasteiger partial charge in [-0.3, -0.25) is 52.7 Å². The lowest BCUT2D eigenvalue weighted by Gasteiger charge is -2.28. The van der Waals surface area contributed by atoms with Crippen LogP contribution in [-0.4, -0.2) is 187 Å². The van der Waals surface area contributed by atoms with E-state index < -0.39 is 164 Å². The van der Waals surface area contributed by atoms with Crippen LogP contribution < -0.4 is 53.6 Å². The highest BCUT2D eigenvalue weighted by atomic mass is 32.2. The van der Waals surface area contributed by atoms with Gasteiger partial charge in [-0.2, -0.15) is 11.8 Å². The molecule has 0 fully saturated rings. The molecule has 4 aromatic rings. The number of nitrogens with two attached hydrogens (primary N) is 1. The predicted molar refractivity (Wildman–Crippen MR) is 317 cm³/mol. The second-order valence-electron chi connectivity index (χ2n) is 20.3. The van der Waals surface area contributed by atoms with E-state index >= 15 is 0 Å². The summed E-state index contributed by atoms with van der Waals surface area (Å²) in [5.74, 6) is -13.9. The number of carboxylic acids is 3. The predicted octanol–water partition coefficient (Wildman–Crippen LogP) is -2.47. The van der Waals surface area contributed by atoms with E-state index in [0.717, 1.165) is 0 Å². The van der Waals surface area contributed by atoms with Crippen molar-refractivity contribution in [1.29, 1.82) is 0 Å². The van der Waals surface area contributed by atoms with Gasteiger partial charge in [0, 0.05) is 32.1 Å². The summed E-state index contributed by atoms with van der Waals surface area (Å²) in [7, 11) is 0. The number of phenols is 1. The third-order valence-electron chi connectivity index (χ3n) is 13.4. The van der Waals surface area contributed by atoms with Crippen LogP contribution in [0.2, 0.25) is 0 Å². The van der Waals surface area contributed by atoms with Crippen LogP contribution in [0.15, 0.2) is 115 Å². The van der Waals surface area contributed by atoms with Gasteiger partial charge in [-0.1, -0.05) is 103 Å². The van der Waals surface area contributed by atoms with Crippen molar-refractivity contribution >= 4 is 82.8 Å². The van der Waals surface area contributed by atoms with Gasteiger partial charge in [-0.15, -0.1) is 0 Å². The van der Waals surface area contributed by atoms with E-state index in [1.54, 1.807) is 97.3 Å². The Morgan fingerprint density at radius 3 is 1.22 bits per heavy atom. The fourth-order valence-electron chi connectivity index (χ4n) is 8.67. The summed E-state index contributed by atoms with van der Waals surface area (Å²) in [6.07, 6.45) is -3.21. The number of phenolic OH excluding ortho intramolecular Hbond substituents is 1. The number of nitrogens with one attached hydrogen (secondary N) is 9. The zero-order valence-corrected chi connectivity index (χ0v) is 48.9. The molecule has 0 aromatic heterocycles. The number of carboxylic acid groups (broad SMARTS) is 3. The van der Waals surface area contributed by atoms with E-state index in [1.165, 1.54) is 43.0 Å². The quantitative estimate of drug-likeness (QED) is 0.0223. The largest absolute Gasteiger partial charge is 0.508 e. The first-order chi connectivity index (χ1) is 41.9. The molecule has 29 heteroatoms. The molecule has 0 saturated heterocycles. The SMILES string of the molecule is CSCC[C@H](NC(=O)[C@H](Cc1ccc(O)cc1)NC(=O)[C@H](Cc1ccccc1)NC(=O)[C@H](CC(=O)O)NC(=O)[C@H](CO)NC(=O)[C@H](Cc1ccccc1)NC(=O)[C@@H](NC(=O)[C@H](Cc1ccccc1)NC(=O)CN)[C@@H](C)O)C(=O)N[C@@H](CCC(=O)O)C(=O)O. The van der Waals surface area contributed by atoms with Crippen LogP contribution in [0, 0.1) is 0 Å². The molecule has 0 aliphatic rings. The van der Waals surface area contributed by atoms with Crippen molar-refractivity contribution in [2.75, 3.05) is 25.2 Å². The number of rotatable bonds is 37. The second-order valence-corrected chi connectivity index (χ2v) is 21.2. The van der Waals surface area contributed by atoms with Crippen molar-refractivity contribution < 1.29 is 88.2 Å². The van der Waals surface area contributed by atoms with Crippen molar-refractivity contribution in [3.8, 4) is 5.75 Å². The van der Waals surface area contributed by atoms with Crippen molar-refractivity contribution in [3.05, 3.63) is 138 Å². The number of carbonyl (C=O) groups excluding carboxylic acids is 9. The summed E-state index contributed by atoms with van der Waals surface area (Å²) in [6.45, 7) is -0.480. The molecular formula is C59H74N10O18S. The number of aromatic hydroxyl groups is 1. The average Bonchev–Trinajstić information content (AvgIpc) is 3.59. The van der Waals surface area contributed by atoms with Gasteiger partial charge in [0.15, 0.2) is 0 Å². The molecule has 0 radical (unpaired) electrons. The first kappa shape index (κ1) is 71.0. The highest BCUT2D eigenvalue weighted by Gasteiger charge is 2.37. The molecule has 0 aliphatic carbocycles. The van der Waals surface area contributed by atoms with Crippen LogP contribution in [0.25, 0.3) is 0 Å². The fraction of sp³-hybridized carbons (Fsp3) is 0.390. The summed E-state index contributed by atoms with van der Waals surface area (Å²) in [4.78, 5) is 161. The minimum Gasteiger partial charge on any atom is -0.508 e. The Morgan fingerprint density at radius 2 is 0.807 bits per heavy atom. The molecule has 17 N–H and O–H groups in total. The second kappa shape index (κ2) is 36.5. The Hall–Kier alpha value is -9.45. The van der Waals surface area contributed by atoms with Gasteiger partial charge < -0.3 is 84.2 Å². The number of hydrogen-bond donors (Lipinski definition) is 16. The molecule has 0 spiro atoms. The van der Waals surface area contributed by atoms with Crippen molar-refractivity contribution in [1.82, 2.24) is 47.9 Å². The molecule has 0 aliphatic heterocycles. The summed E-state index contributed by atoms with van der Waals surface area (Å²) in [5.41, 5.74) is 7.36. The molecule has 88 heavy (non-hydrogen) atoms. The van der Waals surface area contributed by atoms with E-state index in [9.17, 15) is 83.1 Å². The maximum absolute atomic E-state index is 14.6. The fourth-order valence-corrected chi connectivity index (χ4v) is 9.14. The Labute approximate surface area is 509 Å². The van der Waals surface area contributed by atoms with Crippen molar-refractivity contribution in [3.63, 3.8) is 0 Å². The first-order valence-corrected chi connectivity index (χ1v) is 29.1. The molecule has 0 saturated carbocycles. The minimum atomic E-state index is -2.05. The van der Waals surface area contributed by atoms with Gasteiger partial charge in [-0.05, 0) is 66.2 Å². The van der Waals surface area contributed by atoms with Crippen LogP contribution >= 0.6 is 11.8 Å². The van der Waals surface area contributed by atoms with Gasteiger partial charge >= 0.3 is 17.9 Å². The number of aliphatic hydroxyl groups is 2. The number of benzene rings is 4. The lowest BCUT2D eigenvalue weighted by atomic mass is 10.0. The zero-order valence-electron chi connectivity index (χ0n) is 48.1. The number of amides is 9. The number of thioether (sulfide) groups is 1. The van der Waals surface area contributed by atoms with E-state index in [4.69, 9.17) is 10.8 Å². The van der Waals surface area contributed by atoms with E-state index in [0.29, 0.717) is 22.3 Å². The van der Waals surface area contributed by atoms with Gasteiger partial charge in [0.05, 0.1) is 25.7 Å². The molecule has 4 rings (SSSR count). The molecule has 9 amide bonds. The van der Waals surface area contributed by atoms with E-state index in [-0.39, 0.29) is 43.6 Å². The van der Waals surface area contributed by atoms with Crippen LogP contribution in [0.4, 0.5) is 0 Å². The van der Waals surface area contributed by atoms with Gasteiger partial charge in [0.2, 0.25) is 53.2 Å². The van der Waals surface area contributed by atoms with Gasteiger partial charge in [0.1, 0.15) is 60.1 Å². The molecule has 0 unspecified atom stereocenters. The highest BCUT2D eigenvalue weighted by molar-refractivity contribution is 7.98. The smallest absolute Gasteiger partial charge is 0.326 e.